The van der Waals surface area contributed by atoms with Crippen LogP contribution in [0.4, 0.5) is 0 Å². The van der Waals surface area contributed by atoms with E-state index in [1.54, 1.807) is 6.08 Å². The highest BCUT2D eigenvalue weighted by Crippen LogP contribution is 2.20. The lowest BCUT2D eigenvalue weighted by atomic mass is 9.99. The van der Waals surface area contributed by atoms with Crippen molar-refractivity contribution in [1.29, 1.82) is 0 Å². The normalized spacial score (nSPS) is 17.1. The van der Waals surface area contributed by atoms with Crippen molar-refractivity contribution >= 4 is 17.7 Å². The first-order chi connectivity index (χ1) is 13.6. The molecule has 1 aliphatic heterocycles. The van der Waals surface area contributed by atoms with Crippen molar-refractivity contribution in [3.63, 3.8) is 0 Å². The van der Waals surface area contributed by atoms with E-state index in [-0.39, 0.29) is 24.3 Å². The topological polar surface area (TPSA) is 72.9 Å². The third kappa shape index (κ3) is 7.64. The monoisotopic (exact) mass is 387 g/mol. The summed E-state index contributed by atoms with van der Waals surface area (Å²) in [7, 11) is 1.33. The average molecular weight is 387 g/mol. The molecule has 1 atom stereocenters. The lowest BCUT2D eigenvalue weighted by Gasteiger charge is -2.34. The Hall–Kier alpha value is -2.47. The number of carbonyl (C=O) groups is 3. The van der Waals surface area contributed by atoms with Crippen LogP contribution in [0, 0.1) is 0 Å². The summed E-state index contributed by atoms with van der Waals surface area (Å²) in [5.41, 5.74) is 0.987. The highest BCUT2D eigenvalue weighted by atomic mass is 16.6. The van der Waals surface area contributed by atoms with E-state index in [1.165, 1.54) is 7.11 Å². The maximum absolute atomic E-state index is 12.3. The Morgan fingerprint density at radius 3 is 2.75 bits per heavy atom. The van der Waals surface area contributed by atoms with Gasteiger partial charge in [-0.3, -0.25) is 9.59 Å². The lowest BCUT2D eigenvalue weighted by Crippen LogP contribution is -2.43. The van der Waals surface area contributed by atoms with Gasteiger partial charge in [0.1, 0.15) is 6.61 Å². The van der Waals surface area contributed by atoms with Gasteiger partial charge in [-0.25, -0.2) is 4.79 Å². The van der Waals surface area contributed by atoms with Gasteiger partial charge >= 0.3 is 5.97 Å². The number of ether oxygens (including phenoxy) is 2. The number of hydrogen-bond acceptors (Lipinski definition) is 5. The molecule has 0 saturated carbocycles. The van der Waals surface area contributed by atoms with Gasteiger partial charge in [0.25, 0.3) is 0 Å². The van der Waals surface area contributed by atoms with Crippen molar-refractivity contribution in [2.45, 2.75) is 44.6 Å². The molecule has 0 aliphatic carbocycles. The molecule has 0 bridgehead atoms. The average Bonchev–Trinajstić information content (AvgIpc) is 2.70. The fraction of sp³-hybridized carbons (Fsp3) is 0.500. The fourth-order valence-electron chi connectivity index (χ4n) is 3.21. The quantitative estimate of drug-likeness (QED) is 0.332. The van der Waals surface area contributed by atoms with E-state index < -0.39 is 5.97 Å². The number of ketones is 1. The first-order valence-electron chi connectivity index (χ1n) is 9.79. The number of hydrogen-bond donors (Lipinski definition) is 0. The summed E-state index contributed by atoms with van der Waals surface area (Å²) in [6.07, 6.45) is 7.67. The van der Waals surface area contributed by atoms with Gasteiger partial charge in [-0.2, -0.15) is 0 Å². The molecule has 28 heavy (non-hydrogen) atoms. The number of nitrogens with zero attached hydrogens (tertiary/aromatic N) is 1. The minimum Gasteiger partial charge on any atom is -0.467 e. The van der Waals surface area contributed by atoms with E-state index in [9.17, 15) is 14.4 Å². The molecule has 1 heterocycles. The lowest BCUT2D eigenvalue weighted by molar-refractivity contribution is -0.145. The summed E-state index contributed by atoms with van der Waals surface area (Å²) in [6.45, 7) is 1.03. The molecule has 152 valence electrons. The van der Waals surface area contributed by atoms with Gasteiger partial charge in [0, 0.05) is 26.0 Å². The molecule has 1 saturated heterocycles. The van der Waals surface area contributed by atoms with Gasteiger partial charge in [-0.15, -0.1) is 0 Å². The molecule has 1 amide bonds. The summed E-state index contributed by atoms with van der Waals surface area (Å²) in [6, 6.07) is 9.60. The molecule has 2 rings (SSSR count). The number of benzene rings is 1. The van der Waals surface area contributed by atoms with Crippen LogP contribution < -0.4 is 0 Å². The Labute approximate surface area is 166 Å². The van der Waals surface area contributed by atoms with Gasteiger partial charge in [-0.1, -0.05) is 36.4 Å². The Morgan fingerprint density at radius 1 is 1.21 bits per heavy atom. The summed E-state index contributed by atoms with van der Waals surface area (Å²) < 4.78 is 9.74. The summed E-state index contributed by atoms with van der Waals surface area (Å²) in [5.74, 6) is -0.219. The molecule has 6 nitrogen and oxygen atoms in total. The third-order valence-electron chi connectivity index (χ3n) is 4.72. The van der Waals surface area contributed by atoms with Gasteiger partial charge < -0.3 is 14.4 Å². The molecule has 0 spiro atoms. The molecule has 1 aromatic carbocycles. The van der Waals surface area contributed by atoms with Gasteiger partial charge in [0.15, 0.2) is 5.78 Å². The van der Waals surface area contributed by atoms with Crippen LogP contribution in [0.1, 0.15) is 37.7 Å². The number of allylic oxidation sites excluding steroid dienone is 1. The molecule has 0 N–H and O–H groups in total. The largest absolute Gasteiger partial charge is 0.467 e. The molecule has 6 heteroatoms. The number of esters is 1. The summed E-state index contributed by atoms with van der Waals surface area (Å²) >= 11 is 0. The van der Waals surface area contributed by atoms with Crippen molar-refractivity contribution in [3.8, 4) is 0 Å². The Balaban J connectivity index is 1.78. The third-order valence-corrected chi connectivity index (χ3v) is 4.72. The van der Waals surface area contributed by atoms with Gasteiger partial charge in [-0.05, 0) is 37.3 Å². The van der Waals surface area contributed by atoms with Crippen LogP contribution in [0.3, 0.4) is 0 Å². The molecule has 1 unspecified atom stereocenters. The van der Waals surface area contributed by atoms with E-state index >= 15 is 0 Å². The second-order valence-electron chi connectivity index (χ2n) is 6.87. The van der Waals surface area contributed by atoms with Crippen molar-refractivity contribution in [1.82, 2.24) is 4.90 Å². The van der Waals surface area contributed by atoms with Crippen LogP contribution in [-0.4, -0.2) is 55.5 Å². The number of likely N-dealkylation sites (tertiary alicyclic amines) is 1. The zero-order valence-electron chi connectivity index (χ0n) is 16.5. The van der Waals surface area contributed by atoms with Crippen molar-refractivity contribution in [2.24, 2.45) is 0 Å². The molecule has 1 aliphatic rings. The summed E-state index contributed by atoms with van der Waals surface area (Å²) in [4.78, 5) is 37.4. The Morgan fingerprint density at radius 2 is 2.00 bits per heavy atom. The number of amides is 1. The van der Waals surface area contributed by atoms with Gasteiger partial charge in [0.05, 0.1) is 13.2 Å². The summed E-state index contributed by atoms with van der Waals surface area (Å²) in [5, 5.41) is 0. The maximum Gasteiger partial charge on any atom is 0.331 e. The highest BCUT2D eigenvalue weighted by Gasteiger charge is 2.25. The van der Waals surface area contributed by atoms with E-state index in [1.807, 2.05) is 41.3 Å². The number of methoxy groups -OCH3 is 1. The van der Waals surface area contributed by atoms with Crippen molar-refractivity contribution < 1.29 is 23.9 Å². The Kier molecular flexibility index (Phi) is 9.42. The first-order valence-corrected chi connectivity index (χ1v) is 9.79. The van der Waals surface area contributed by atoms with Gasteiger partial charge in [0.2, 0.25) is 5.91 Å². The number of carbonyl (C=O) groups excluding carboxylic acids is 3. The number of unbranched alkanes of at least 4 members (excludes halogenated alkanes) is 1. The highest BCUT2D eigenvalue weighted by molar-refractivity contribution is 5.91. The van der Waals surface area contributed by atoms with E-state index in [0.717, 1.165) is 31.2 Å². The zero-order valence-corrected chi connectivity index (χ0v) is 16.5. The minimum atomic E-state index is -0.392. The van der Waals surface area contributed by atoms with E-state index in [4.69, 9.17) is 4.74 Å². The number of rotatable bonds is 11. The standard InChI is InChI=1S/C22H29NO5/c1-27-22(26)17-28-15-6-5-14-23-19(10-7-11-21(23)25)12-13-20(24)16-18-8-3-2-4-9-18/h2-4,8-9,12-13,19H,5-7,10-11,14-17H2,1H3/b13-12+. The smallest absolute Gasteiger partial charge is 0.331 e. The molecular formula is C22H29NO5. The predicted octanol–water partition coefficient (Wildman–Crippen LogP) is 2.71. The van der Waals surface area contributed by atoms with Crippen LogP contribution >= 0.6 is 0 Å². The fourth-order valence-corrected chi connectivity index (χ4v) is 3.21. The predicted molar refractivity (Wildman–Crippen MR) is 106 cm³/mol. The van der Waals surface area contributed by atoms with Crippen LogP contribution in [0.25, 0.3) is 0 Å². The molecular weight excluding hydrogens is 358 g/mol. The van der Waals surface area contributed by atoms with Crippen molar-refractivity contribution in [2.75, 3.05) is 26.9 Å². The maximum atomic E-state index is 12.3. The van der Waals surface area contributed by atoms with Crippen LogP contribution in [0.2, 0.25) is 0 Å². The van der Waals surface area contributed by atoms with Crippen LogP contribution in [-0.2, 0) is 30.3 Å². The zero-order chi connectivity index (χ0) is 20.2. The first kappa shape index (κ1) is 21.8. The molecule has 1 aromatic rings. The molecule has 1 fully saturated rings. The molecule has 0 radical (unpaired) electrons. The minimum absolute atomic E-state index is 0.0306. The van der Waals surface area contributed by atoms with Crippen LogP contribution in [0.15, 0.2) is 42.5 Å². The van der Waals surface area contributed by atoms with Crippen molar-refractivity contribution in [3.05, 3.63) is 48.0 Å². The van der Waals surface area contributed by atoms with E-state index in [0.29, 0.717) is 26.0 Å². The number of piperidine rings is 1. The van der Waals surface area contributed by atoms with Crippen LogP contribution in [0.5, 0.6) is 0 Å². The SMILES string of the molecule is COC(=O)COCCCCN1C(=O)CCCC1/C=C/C(=O)Cc1ccccc1. The Bertz CT molecular complexity index is 671. The second-order valence-corrected chi connectivity index (χ2v) is 6.87. The second kappa shape index (κ2) is 12.1. The molecule has 0 aromatic heterocycles. The van der Waals surface area contributed by atoms with E-state index in [2.05, 4.69) is 4.74 Å².